The number of hydrogen-bond donors (Lipinski definition) is 2. The van der Waals surface area contributed by atoms with E-state index >= 15 is 0 Å². The lowest BCUT2D eigenvalue weighted by atomic mass is 10.1. The Hall–Kier alpha value is -3.02. The molecule has 0 aliphatic heterocycles. The Kier molecular flexibility index (Phi) is 7.23. The summed E-state index contributed by atoms with van der Waals surface area (Å²) in [6.07, 6.45) is 0.0941. The van der Waals surface area contributed by atoms with Gasteiger partial charge in [0.05, 0.1) is 18.4 Å². The first-order valence-electron chi connectivity index (χ1n) is 8.96. The highest BCUT2D eigenvalue weighted by atomic mass is 16.5. The molecule has 0 aliphatic rings. The van der Waals surface area contributed by atoms with E-state index in [1.165, 1.54) is 0 Å². The summed E-state index contributed by atoms with van der Waals surface area (Å²) in [4.78, 5) is 24.9. The zero-order valence-corrected chi connectivity index (χ0v) is 16.1. The van der Waals surface area contributed by atoms with E-state index in [1.54, 1.807) is 62.6 Å². The van der Waals surface area contributed by atoms with Crippen molar-refractivity contribution in [2.45, 2.75) is 39.3 Å². The van der Waals surface area contributed by atoms with Gasteiger partial charge in [0.1, 0.15) is 11.5 Å². The zero-order chi connectivity index (χ0) is 19.8. The number of nitrogens with one attached hydrogen (secondary N) is 2. The predicted octanol–water partition coefficient (Wildman–Crippen LogP) is 3.63. The van der Waals surface area contributed by atoms with E-state index in [0.29, 0.717) is 22.7 Å². The molecule has 2 rings (SSSR count). The number of carbonyl (C=O) groups excluding carboxylic acids is 2. The monoisotopic (exact) mass is 370 g/mol. The summed E-state index contributed by atoms with van der Waals surface area (Å²) in [5, 5.41) is 5.68. The highest BCUT2D eigenvalue weighted by Gasteiger charge is 2.19. The second kappa shape index (κ2) is 9.62. The van der Waals surface area contributed by atoms with Crippen molar-refractivity contribution in [1.29, 1.82) is 0 Å². The molecule has 27 heavy (non-hydrogen) atoms. The maximum Gasteiger partial charge on any atom is 0.265 e. The van der Waals surface area contributed by atoms with Gasteiger partial charge in [-0.25, -0.2) is 0 Å². The Morgan fingerprint density at radius 2 is 1.63 bits per heavy atom. The molecule has 0 aromatic heterocycles. The minimum absolute atomic E-state index is 0.0542. The lowest BCUT2D eigenvalue weighted by molar-refractivity contribution is -0.122. The number of anilines is 1. The molecule has 0 fully saturated rings. The summed E-state index contributed by atoms with van der Waals surface area (Å²) in [5.41, 5.74) is 0.872. The molecule has 2 N–H and O–H groups in total. The smallest absolute Gasteiger partial charge is 0.265 e. The van der Waals surface area contributed by atoms with E-state index in [1.807, 2.05) is 13.8 Å². The van der Waals surface area contributed by atoms with E-state index in [2.05, 4.69) is 10.6 Å². The van der Waals surface area contributed by atoms with E-state index in [0.717, 1.165) is 6.42 Å². The molecular formula is C21H26N2O4. The van der Waals surface area contributed by atoms with Crippen LogP contribution in [0.1, 0.15) is 37.6 Å². The van der Waals surface area contributed by atoms with Gasteiger partial charge >= 0.3 is 0 Å². The van der Waals surface area contributed by atoms with Gasteiger partial charge in [0.25, 0.3) is 11.8 Å². The first-order valence-corrected chi connectivity index (χ1v) is 8.96. The zero-order valence-electron chi connectivity index (χ0n) is 16.1. The number of benzene rings is 2. The standard InChI is InChI=1S/C21H26N2O4/c1-5-14(2)22-21(25)18-8-6-7-9-19(18)23-20(24)15(3)27-17-12-10-16(26-4)11-13-17/h6-15H,5H2,1-4H3,(H,22,25)(H,23,24)/t14-,15-/m1/s1. The molecule has 6 nitrogen and oxygen atoms in total. The van der Waals surface area contributed by atoms with Crippen molar-refractivity contribution in [1.82, 2.24) is 5.32 Å². The fourth-order valence-corrected chi connectivity index (χ4v) is 2.34. The molecule has 0 saturated carbocycles. The van der Waals surface area contributed by atoms with Gasteiger partial charge in [-0.3, -0.25) is 9.59 Å². The van der Waals surface area contributed by atoms with Crippen LogP contribution in [0.25, 0.3) is 0 Å². The summed E-state index contributed by atoms with van der Waals surface area (Å²) in [7, 11) is 1.58. The van der Waals surface area contributed by atoms with Crippen LogP contribution in [-0.4, -0.2) is 31.1 Å². The van der Waals surface area contributed by atoms with Crippen LogP contribution in [-0.2, 0) is 4.79 Å². The molecular weight excluding hydrogens is 344 g/mol. The second-order valence-electron chi connectivity index (χ2n) is 6.25. The molecule has 0 heterocycles. The van der Waals surface area contributed by atoms with Gasteiger partial charge in [0, 0.05) is 6.04 Å². The lowest BCUT2D eigenvalue weighted by Gasteiger charge is -2.17. The number of methoxy groups -OCH3 is 1. The number of carbonyl (C=O) groups is 2. The predicted molar refractivity (Wildman–Crippen MR) is 105 cm³/mol. The molecule has 0 unspecified atom stereocenters. The van der Waals surface area contributed by atoms with Crippen molar-refractivity contribution in [2.24, 2.45) is 0 Å². The molecule has 0 bridgehead atoms. The highest BCUT2D eigenvalue weighted by molar-refractivity contribution is 6.04. The van der Waals surface area contributed by atoms with Crippen LogP contribution in [0.2, 0.25) is 0 Å². The number of ether oxygens (including phenoxy) is 2. The molecule has 0 radical (unpaired) electrons. The van der Waals surface area contributed by atoms with Gasteiger partial charge in [-0.2, -0.15) is 0 Å². The SMILES string of the molecule is CC[C@@H](C)NC(=O)c1ccccc1NC(=O)[C@@H](C)Oc1ccc(OC)cc1. The van der Waals surface area contributed by atoms with E-state index in [-0.39, 0.29) is 17.9 Å². The van der Waals surface area contributed by atoms with Crippen LogP contribution in [0.4, 0.5) is 5.69 Å². The molecule has 0 aliphatic carbocycles. The molecule has 144 valence electrons. The maximum absolute atomic E-state index is 12.5. The van der Waals surface area contributed by atoms with Gasteiger partial charge in [-0.1, -0.05) is 19.1 Å². The van der Waals surface area contributed by atoms with Gasteiger partial charge in [-0.05, 0) is 56.7 Å². The van der Waals surface area contributed by atoms with Crippen molar-refractivity contribution in [2.75, 3.05) is 12.4 Å². The first-order chi connectivity index (χ1) is 12.9. The minimum atomic E-state index is -0.732. The lowest BCUT2D eigenvalue weighted by Crippen LogP contribution is -2.34. The average Bonchev–Trinajstić information content (AvgIpc) is 2.68. The fourth-order valence-electron chi connectivity index (χ4n) is 2.34. The molecule has 2 aromatic rings. The quantitative estimate of drug-likeness (QED) is 0.744. The van der Waals surface area contributed by atoms with Gasteiger partial charge in [0.15, 0.2) is 6.10 Å². The third-order valence-corrected chi connectivity index (χ3v) is 4.16. The van der Waals surface area contributed by atoms with Crippen molar-refractivity contribution in [3.05, 3.63) is 54.1 Å². The average molecular weight is 370 g/mol. The topological polar surface area (TPSA) is 76.7 Å². The van der Waals surface area contributed by atoms with Gasteiger partial charge in [-0.15, -0.1) is 0 Å². The summed E-state index contributed by atoms with van der Waals surface area (Å²) in [6, 6.07) is 13.9. The normalized spacial score (nSPS) is 12.6. The maximum atomic E-state index is 12.5. The third-order valence-electron chi connectivity index (χ3n) is 4.16. The summed E-state index contributed by atoms with van der Waals surface area (Å²) < 4.78 is 10.8. The number of amides is 2. The summed E-state index contributed by atoms with van der Waals surface area (Å²) >= 11 is 0. The van der Waals surface area contributed by atoms with Crippen LogP contribution in [0.5, 0.6) is 11.5 Å². The Labute approximate surface area is 159 Å². The van der Waals surface area contributed by atoms with Crippen molar-refractivity contribution in [3.63, 3.8) is 0 Å². The van der Waals surface area contributed by atoms with Crippen molar-refractivity contribution < 1.29 is 19.1 Å². The van der Waals surface area contributed by atoms with E-state index in [4.69, 9.17) is 9.47 Å². The summed E-state index contributed by atoms with van der Waals surface area (Å²) in [6.45, 7) is 5.59. The van der Waals surface area contributed by atoms with Gasteiger partial charge in [0.2, 0.25) is 0 Å². The third kappa shape index (κ3) is 5.74. The van der Waals surface area contributed by atoms with Crippen LogP contribution in [0.3, 0.4) is 0 Å². The molecule has 0 spiro atoms. The molecule has 2 aromatic carbocycles. The van der Waals surface area contributed by atoms with E-state index in [9.17, 15) is 9.59 Å². The highest BCUT2D eigenvalue weighted by Crippen LogP contribution is 2.20. The van der Waals surface area contributed by atoms with Crippen molar-refractivity contribution >= 4 is 17.5 Å². The Morgan fingerprint density at radius 1 is 1.00 bits per heavy atom. The first kappa shape index (κ1) is 20.3. The summed E-state index contributed by atoms with van der Waals surface area (Å²) in [5.74, 6) is 0.709. The van der Waals surface area contributed by atoms with Crippen LogP contribution in [0.15, 0.2) is 48.5 Å². The van der Waals surface area contributed by atoms with Crippen LogP contribution >= 0.6 is 0 Å². The molecule has 6 heteroatoms. The number of rotatable bonds is 8. The number of para-hydroxylation sites is 1. The fraction of sp³-hybridized carbons (Fsp3) is 0.333. The molecule has 0 saturated heterocycles. The van der Waals surface area contributed by atoms with Gasteiger partial charge < -0.3 is 20.1 Å². The minimum Gasteiger partial charge on any atom is -0.497 e. The van der Waals surface area contributed by atoms with Crippen molar-refractivity contribution in [3.8, 4) is 11.5 Å². The van der Waals surface area contributed by atoms with Crippen LogP contribution in [0, 0.1) is 0 Å². The van der Waals surface area contributed by atoms with Crippen LogP contribution < -0.4 is 20.1 Å². The second-order valence-corrected chi connectivity index (χ2v) is 6.25. The largest absolute Gasteiger partial charge is 0.497 e. The molecule has 2 amide bonds. The Morgan fingerprint density at radius 3 is 2.26 bits per heavy atom. The Bertz CT molecular complexity index is 774. The number of hydrogen-bond acceptors (Lipinski definition) is 4. The van der Waals surface area contributed by atoms with E-state index < -0.39 is 6.10 Å². The Balaban J connectivity index is 2.04. The molecule has 2 atom stereocenters.